The van der Waals surface area contributed by atoms with Crippen LogP contribution in [0, 0.1) is 13.8 Å². The fraction of sp³-hybridized carbons (Fsp3) is 0.526. The monoisotopic (exact) mass is 343 g/mol. The number of hydrogen-bond donors (Lipinski definition) is 0. The van der Waals surface area contributed by atoms with Gasteiger partial charge in [0.1, 0.15) is 13.2 Å². The molecule has 2 aliphatic heterocycles. The molecular formula is C19H25N3O3. The Kier molecular flexibility index (Phi) is 4.63. The van der Waals surface area contributed by atoms with Crippen molar-refractivity contribution in [2.24, 2.45) is 0 Å². The molecule has 0 saturated carbocycles. The molecule has 0 amide bonds. The number of nitrogens with zero attached hydrogens (tertiary/aromatic N) is 3. The zero-order valence-corrected chi connectivity index (χ0v) is 14.9. The third kappa shape index (κ3) is 3.80. The van der Waals surface area contributed by atoms with Crippen molar-refractivity contribution in [2.45, 2.75) is 33.0 Å². The van der Waals surface area contributed by atoms with E-state index in [-0.39, 0.29) is 6.10 Å². The average molecular weight is 343 g/mol. The first-order chi connectivity index (χ1) is 12.2. The zero-order valence-electron chi connectivity index (χ0n) is 14.9. The number of fused-ring (bicyclic) bond motifs is 1. The highest BCUT2D eigenvalue weighted by molar-refractivity contribution is 5.43. The lowest BCUT2D eigenvalue weighted by molar-refractivity contribution is -0.0405. The Balaban J connectivity index is 1.39. The van der Waals surface area contributed by atoms with Crippen molar-refractivity contribution in [3.8, 4) is 11.5 Å². The van der Waals surface area contributed by atoms with Crippen LogP contribution in [0.1, 0.15) is 17.0 Å². The van der Waals surface area contributed by atoms with E-state index >= 15 is 0 Å². The van der Waals surface area contributed by atoms with Crippen molar-refractivity contribution in [3.05, 3.63) is 41.2 Å². The Hall–Kier alpha value is -2.05. The van der Waals surface area contributed by atoms with Gasteiger partial charge in [0.15, 0.2) is 11.5 Å². The minimum atomic E-state index is 0.170. The maximum atomic E-state index is 5.96. The fourth-order valence-corrected chi connectivity index (χ4v) is 3.53. The third-order valence-electron chi connectivity index (χ3n) is 4.72. The van der Waals surface area contributed by atoms with Crippen LogP contribution in [0.5, 0.6) is 11.5 Å². The molecule has 25 heavy (non-hydrogen) atoms. The lowest BCUT2D eigenvalue weighted by atomic mass is 10.1. The van der Waals surface area contributed by atoms with Gasteiger partial charge in [0.25, 0.3) is 0 Å². The molecule has 2 aliphatic rings. The molecule has 1 fully saturated rings. The number of benzene rings is 1. The lowest BCUT2D eigenvalue weighted by Crippen LogP contribution is -2.43. The van der Waals surface area contributed by atoms with Crippen molar-refractivity contribution < 1.29 is 14.2 Å². The van der Waals surface area contributed by atoms with Gasteiger partial charge in [0, 0.05) is 25.3 Å². The highest BCUT2D eigenvalue weighted by atomic mass is 16.6. The van der Waals surface area contributed by atoms with Crippen molar-refractivity contribution in [3.63, 3.8) is 0 Å². The SMILES string of the molecule is Cc1cc(C)n(C[C@@H]2CN(Cc3ccc4c(c3)OCCO4)CCO2)n1. The number of aromatic nitrogens is 2. The van der Waals surface area contributed by atoms with Gasteiger partial charge in [-0.3, -0.25) is 9.58 Å². The molecule has 0 unspecified atom stereocenters. The van der Waals surface area contributed by atoms with Crippen LogP contribution in [-0.2, 0) is 17.8 Å². The van der Waals surface area contributed by atoms with Crippen molar-refractivity contribution >= 4 is 0 Å². The Labute approximate surface area is 148 Å². The molecule has 0 spiro atoms. The first kappa shape index (κ1) is 16.4. The first-order valence-electron chi connectivity index (χ1n) is 8.91. The minimum Gasteiger partial charge on any atom is -0.486 e. The normalized spacial score (nSPS) is 20.6. The van der Waals surface area contributed by atoms with Crippen molar-refractivity contribution in [1.29, 1.82) is 0 Å². The molecule has 0 radical (unpaired) electrons. The van der Waals surface area contributed by atoms with Gasteiger partial charge in [-0.15, -0.1) is 0 Å². The number of rotatable bonds is 4. The van der Waals surface area contributed by atoms with Crippen LogP contribution in [0.25, 0.3) is 0 Å². The summed E-state index contributed by atoms with van der Waals surface area (Å²) >= 11 is 0. The third-order valence-corrected chi connectivity index (χ3v) is 4.72. The molecule has 0 bridgehead atoms. The van der Waals surface area contributed by atoms with Crippen molar-refractivity contribution in [2.75, 3.05) is 32.9 Å². The van der Waals surface area contributed by atoms with E-state index in [9.17, 15) is 0 Å². The van der Waals surface area contributed by atoms with Crippen LogP contribution in [0.2, 0.25) is 0 Å². The Morgan fingerprint density at radius 3 is 2.72 bits per heavy atom. The molecule has 3 heterocycles. The molecule has 6 heteroatoms. The highest BCUT2D eigenvalue weighted by Gasteiger charge is 2.22. The number of aryl methyl sites for hydroxylation is 2. The van der Waals surface area contributed by atoms with E-state index in [4.69, 9.17) is 14.2 Å². The van der Waals surface area contributed by atoms with Crippen LogP contribution >= 0.6 is 0 Å². The summed E-state index contributed by atoms with van der Waals surface area (Å²) in [6, 6.07) is 8.34. The first-order valence-corrected chi connectivity index (χ1v) is 8.91. The van der Waals surface area contributed by atoms with Gasteiger partial charge in [-0.25, -0.2) is 0 Å². The highest BCUT2D eigenvalue weighted by Crippen LogP contribution is 2.31. The number of ether oxygens (including phenoxy) is 3. The maximum Gasteiger partial charge on any atom is 0.161 e. The van der Waals surface area contributed by atoms with E-state index in [1.165, 1.54) is 11.3 Å². The zero-order chi connectivity index (χ0) is 17.2. The Morgan fingerprint density at radius 2 is 1.92 bits per heavy atom. The van der Waals surface area contributed by atoms with Crippen LogP contribution in [0.15, 0.2) is 24.3 Å². The van der Waals surface area contributed by atoms with Gasteiger partial charge < -0.3 is 14.2 Å². The van der Waals surface area contributed by atoms with Gasteiger partial charge in [0.05, 0.1) is 24.9 Å². The molecule has 1 aromatic heterocycles. The Morgan fingerprint density at radius 1 is 1.08 bits per heavy atom. The van der Waals surface area contributed by atoms with Crippen LogP contribution in [0.4, 0.5) is 0 Å². The molecule has 134 valence electrons. The summed E-state index contributed by atoms with van der Waals surface area (Å²) in [6.07, 6.45) is 0.170. The van der Waals surface area contributed by atoms with E-state index in [2.05, 4.69) is 35.1 Å². The smallest absolute Gasteiger partial charge is 0.161 e. The van der Waals surface area contributed by atoms with E-state index in [1.54, 1.807) is 0 Å². The van der Waals surface area contributed by atoms with Gasteiger partial charge in [0.2, 0.25) is 0 Å². The molecule has 1 atom stereocenters. The average Bonchev–Trinajstić information content (AvgIpc) is 2.92. The predicted octanol–water partition coefficient (Wildman–Crippen LogP) is 2.17. The quantitative estimate of drug-likeness (QED) is 0.852. The number of morpholine rings is 1. The van der Waals surface area contributed by atoms with Crippen LogP contribution < -0.4 is 9.47 Å². The summed E-state index contributed by atoms with van der Waals surface area (Å²) in [5.74, 6) is 1.70. The second-order valence-electron chi connectivity index (χ2n) is 6.82. The molecule has 0 N–H and O–H groups in total. The summed E-state index contributed by atoms with van der Waals surface area (Å²) in [5.41, 5.74) is 3.49. The largest absolute Gasteiger partial charge is 0.486 e. The van der Waals surface area contributed by atoms with E-state index in [1.807, 2.05) is 17.7 Å². The standard InChI is InChI=1S/C19H25N3O3/c1-14-9-15(2)22(20-14)13-17-12-21(5-6-23-17)11-16-3-4-18-19(10-16)25-8-7-24-18/h3-4,9-10,17H,5-8,11-13H2,1-2H3/t17-/m0/s1. The van der Waals surface area contributed by atoms with E-state index in [0.29, 0.717) is 13.2 Å². The molecule has 1 saturated heterocycles. The second-order valence-corrected chi connectivity index (χ2v) is 6.82. The van der Waals surface area contributed by atoms with Crippen LogP contribution in [0.3, 0.4) is 0 Å². The topological polar surface area (TPSA) is 48.8 Å². The molecule has 2 aromatic rings. The summed E-state index contributed by atoms with van der Waals surface area (Å²) in [7, 11) is 0. The summed E-state index contributed by atoms with van der Waals surface area (Å²) in [4.78, 5) is 2.44. The number of hydrogen-bond acceptors (Lipinski definition) is 5. The lowest BCUT2D eigenvalue weighted by Gasteiger charge is -2.33. The van der Waals surface area contributed by atoms with Crippen molar-refractivity contribution in [1.82, 2.24) is 14.7 Å². The van der Waals surface area contributed by atoms with Gasteiger partial charge >= 0.3 is 0 Å². The van der Waals surface area contributed by atoms with E-state index < -0.39 is 0 Å². The van der Waals surface area contributed by atoms with E-state index in [0.717, 1.165) is 50.0 Å². The van der Waals surface area contributed by atoms with Gasteiger partial charge in [-0.2, -0.15) is 5.10 Å². The van der Waals surface area contributed by atoms with Gasteiger partial charge in [-0.1, -0.05) is 6.07 Å². The fourth-order valence-electron chi connectivity index (χ4n) is 3.53. The Bertz CT molecular complexity index is 744. The maximum absolute atomic E-state index is 5.96. The second kappa shape index (κ2) is 7.06. The predicted molar refractivity (Wildman–Crippen MR) is 94.2 cm³/mol. The molecular weight excluding hydrogens is 318 g/mol. The molecule has 0 aliphatic carbocycles. The minimum absolute atomic E-state index is 0.170. The molecule has 4 rings (SSSR count). The summed E-state index contributed by atoms with van der Waals surface area (Å²) < 4.78 is 19.3. The van der Waals surface area contributed by atoms with Gasteiger partial charge in [-0.05, 0) is 37.6 Å². The van der Waals surface area contributed by atoms with Crippen LogP contribution in [-0.4, -0.2) is 53.7 Å². The molecule has 1 aromatic carbocycles. The molecule has 6 nitrogen and oxygen atoms in total. The summed E-state index contributed by atoms with van der Waals surface area (Å²) in [5, 5.41) is 4.55. The summed E-state index contributed by atoms with van der Waals surface area (Å²) in [6.45, 7) is 9.69.